The zero-order chi connectivity index (χ0) is 22.8. The molecule has 0 saturated carbocycles. The van der Waals surface area contributed by atoms with E-state index < -0.39 is 9.84 Å². The molecule has 1 atom stereocenters. The Labute approximate surface area is 194 Å². The number of rotatable bonds is 6. The van der Waals surface area contributed by atoms with Gasteiger partial charge in [-0.1, -0.05) is 17.7 Å². The molecule has 5 heterocycles. The summed E-state index contributed by atoms with van der Waals surface area (Å²) in [6, 6.07) is 6.95. The number of hydrogen-bond donors (Lipinski definition) is 0. The predicted molar refractivity (Wildman–Crippen MR) is 119 cm³/mol. The Hall–Kier alpha value is -3.44. The van der Waals surface area contributed by atoms with Crippen LogP contribution >= 0.6 is 11.6 Å². The molecule has 0 N–H and O–H groups in total. The van der Waals surface area contributed by atoms with Crippen LogP contribution in [-0.4, -0.2) is 55.5 Å². The lowest BCUT2D eigenvalue weighted by Gasteiger charge is -2.19. The van der Waals surface area contributed by atoms with Crippen molar-refractivity contribution in [3.05, 3.63) is 77.5 Å². The van der Waals surface area contributed by atoms with Crippen LogP contribution in [0.4, 0.5) is 0 Å². The van der Waals surface area contributed by atoms with Gasteiger partial charge in [0.05, 0.1) is 22.4 Å². The first-order valence-electron chi connectivity index (χ1n) is 10.1. The predicted octanol–water partition coefficient (Wildman–Crippen LogP) is 2.32. The molecule has 1 aliphatic rings. The SMILES string of the molecule is O=S(=O)(CCc1ncc(Cl)cn1)Cc1nnc2n1[C@@H](c1cccnc1)COc1ncccc1-2. The van der Waals surface area contributed by atoms with E-state index in [2.05, 4.69) is 30.1 Å². The highest BCUT2D eigenvalue weighted by Gasteiger charge is 2.31. The minimum absolute atomic E-state index is 0.136. The first kappa shape index (κ1) is 21.4. The lowest BCUT2D eigenvalue weighted by Crippen LogP contribution is -2.22. The van der Waals surface area contributed by atoms with Crippen LogP contribution in [0.1, 0.15) is 23.3 Å². The van der Waals surface area contributed by atoms with Crippen molar-refractivity contribution in [2.75, 3.05) is 12.4 Å². The third-order valence-corrected chi connectivity index (χ3v) is 6.92. The molecule has 0 aromatic carbocycles. The Morgan fingerprint density at radius 2 is 1.88 bits per heavy atom. The van der Waals surface area contributed by atoms with Crippen molar-refractivity contribution < 1.29 is 13.2 Å². The Kier molecular flexibility index (Phi) is 5.73. The summed E-state index contributed by atoms with van der Waals surface area (Å²) in [5, 5.41) is 8.96. The zero-order valence-corrected chi connectivity index (χ0v) is 18.8. The maximum atomic E-state index is 13.0. The van der Waals surface area contributed by atoms with Gasteiger partial charge in [0.2, 0.25) is 5.88 Å². The first-order chi connectivity index (χ1) is 16.0. The quantitative estimate of drug-likeness (QED) is 0.406. The molecule has 0 unspecified atom stereocenters. The Morgan fingerprint density at radius 3 is 2.67 bits per heavy atom. The average molecular weight is 484 g/mol. The number of fused-ring (bicyclic) bond motifs is 3. The highest BCUT2D eigenvalue weighted by atomic mass is 35.5. The molecule has 0 spiro atoms. The summed E-state index contributed by atoms with van der Waals surface area (Å²) in [4.78, 5) is 16.6. The lowest BCUT2D eigenvalue weighted by molar-refractivity contribution is 0.269. The van der Waals surface area contributed by atoms with Gasteiger partial charge >= 0.3 is 0 Å². The van der Waals surface area contributed by atoms with Crippen LogP contribution in [0.3, 0.4) is 0 Å². The summed E-state index contributed by atoms with van der Waals surface area (Å²) >= 11 is 5.80. The molecule has 168 valence electrons. The maximum Gasteiger partial charge on any atom is 0.224 e. The Bertz CT molecular complexity index is 1380. The molecule has 5 rings (SSSR count). The fourth-order valence-electron chi connectivity index (χ4n) is 3.64. The van der Waals surface area contributed by atoms with Crippen molar-refractivity contribution in [1.82, 2.24) is 34.7 Å². The van der Waals surface area contributed by atoms with Crippen molar-refractivity contribution in [3.8, 4) is 17.3 Å². The highest BCUT2D eigenvalue weighted by Crippen LogP contribution is 2.35. The second-order valence-electron chi connectivity index (χ2n) is 7.44. The van der Waals surface area contributed by atoms with Crippen molar-refractivity contribution >= 4 is 21.4 Å². The molecule has 4 aromatic rings. The van der Waals surface area contributed by atoms with Crippen LogP contribution in [0.15, 0.2) is 55.2 Å². The van der Waals surface area contributed by atoms with Gasteiger partial charge in [0, 0.05) is 37.4 Å². The van der Waals surface area contributed by atoms with E-state index in [0.29, 0.717) is 33.9 Å². The minimum Gasteiger partial charge on any atom is -0.475 e. The monoisotopic (exact) mass is 483 g/mol. The molecule has 12 heteroatoms. The van der Waals surface area contributed by atoms with Crippen LogP contribution < -0.4 is 4.74 Å². The van der Waals surface area contributed by atoms with E-state index in [0.717, 1.165) is 5.56 Å². The average Bonchev–Trinajstić information content (AvgIpc) is 3.14. The molecule has 33 heavy (non-hydrogen) atoms. The van der Waals surface area contributed by atoms with Gasteiger partial charge in [0.25, 0.3) is 0 Å². The molecule has 10 nitrogen and oxygen atoms in total. The summed E-state index contributed by atoms with van der Waals surface area (Å²) in [7, 11) is -3.55. The second-order valence-corrected chi connectivity index (χ2v) is 10.1. The molecular weight excluding hydrogens is 466 g/mol. The van der Waals surface area contributed by atoms with E-state index in [1.165, 1.54) is 12.4 Å². The second kappa shape index (κ2) is 8.83. The van der Waals surface area contributed by atoms with E-state index in [9.17, 15) is 8.42 Å². The molecule has 0 saturated heterocycles. The smallest absolute Gasteiger partial charge is 0.224 e. The number of sulfone groups is 1. The fourth-order valence-corrected chi connectivity index (χ4v) is 4.97. The summed E-state index contributed by atoms with van der Waals surface area (Å²) in [5.41, 5.74) is 1.49. The van der Waals surface area contributed by atoms with Crippen molar-refractivity contribution in [2.24, 2.45) is 0 Å². The summed E-state index contributed by atoms with van der Waals surface area (Å²) in [5.74, 6) is 1.21. The molecule has 0 aliphatic carbocycles. The van der Waals surface area contributed by atoms with Gasteiger partial charge in [0.1, 0.15) is 24.0 Å². The third-order valence-electron chi connectivity index (χ3n) is 5.20. The van der Waals surface area contributed by atoms with Gasteiger partial charge in [-0.05, 0) is 23.8 Å². The van der Waals surface area contributed by atoms with E-state index >= 15 is 0 Å². The van der Waals surface area contributed by atoms with Gasteiger partial charge in [-0.15, -0.1) is 10.2 Å². The summed E-state index contributed by atoms with van der Waals surface area (Å²) in [6.45, 7) is 0.229. The van der Waals surface area contributed by atoms with Crippen LogP contribution in [0.25, 0.3) is 11.4 Å². The minimum atomic E-state index is -3.55. The molecule has 0 fully saturated rings. The number of ether oxygens (including phenoxy) is 1. The van der Waals surface area contributed by atoms with Crippen LogP contribution in [0, 0.1) is 0 Å². The van der Waals surface area contributed by atoms with Crippen LogP contribution in [0.5, 0.6) is 5.88 Å². The number of halogens is 1. The van der Waals surface area contributed by atoms with Gasteiger partial charge in [0.15, 0.2) is 15.7 Å². The third kappa shape index (κ3) is 4.55. The van der Waals surface area contributed by atoms with Gasteiger partial charge < -0.3 is 4.74 Å². The molecule has 1 aliphatic heterocycles. The summed E-state index contributed by atoms with van der Waals surface area (Å²) < 4.78 is 33.7. The number of aromatic nitrogens is 7. The largest absolute Gasteiger partial charge is 0.475 e. The fraction of sp³-hybridized carbons (Fsp3) is 0.238. The number of aryl methyl sites for hydroxylation is 1. The maximum absolute atomic E-state index is 13.0. The van der Waals surface area contributed by atoms with E-state index in [1.54, 1.807) is 29.2 Å². The van der Waals surface area contributed by atoms with E-state index in [-0.39, 0.29) is 30.6 Å². The molecule has 0 amide bonds. The molecule has 0 radical (unpaired) electrons. The highest BCUT2D eigenvalue weighted by molar-refractivity contribution is 7.90. The zero-order valence-electron chi connectivity index (χ0n) is 17.2. The van der Waals surface area contributed by atoms with Crippen molar-refractivity contribution in [3.63, 3.8) is 0 Å². The Morgan fingerprint density at radius 1 is 1.06 bits per heavy atom. The lowest BCUT2D eigenvalue weighted by atomic mass is 10.1. The Balaban J connectivity index is 1.49. The number of hydrogen-bond acceptors (Lipinski definition) is 9. The normalized spacial score (nSPS) is 15.2. The van der Waals surface area contributed by atoms with Crippen molar-refractivity contribution in [2.45, 2.75) is 18.2 Å². The molecule has 4 aromatic heterocycles. The van der Waals surface area contributed by atoms with Gasteiger partial charge in [-0.2, -0.15) is 0 Å². The van der Waals surface area contributed by atoms with E-state index in [1.807, 2.05) is 18.2 Å². The molecular formula is C21H18ClN7O3S. The standard InChI is InChI=1S/C21H18ClN7O3S/c22-15-10-25-18(26-11-15)5-8-33(30,31)13-19-27-28-20-16-4-2-7-24-21(16)32-12-17(29(19)20)14-3-1-6-23-9-14/h1-4,6-7,9-11,17H,5,8,12-13H2/t17-/m1/s1. The summed E-state index contributed by atoms with van der Waals surface area (Å²) in [6.07, 6.45) is 8.08. The van der Waals surface area contributed by atoms with Crippen LogP contribution in [0.2, 0.25) is 5.02 Å². The number of pyridine rings is 2. The van der Waals surface area contributed by atoms with Gasteiger partial charge in [-0.3, -0.25) is 9.55 Å². The van der Waals surface area contributed by atoms with Crippen molar-refractivity contribution in [1.29, 1.82) is 0 Å². The van der Waals surface area contributed by atoms with Gasteiger partial charge in [-0.25, -0.2) is 23.4 Å². The molecule has 0 bridgehead atoms. The topological polar surface area (TPSA) is 126 Å². The first-order valence-corrected chi connectivity index (χ1v) is 12.3. The van der Waals surface area contributed by atoms with E-state index in [4.69, 9.17) is 16.3 Å². The number of nitrogens with zero attached hydrogens (tertiary/aromatic N) is 7. The van der Waals surface area contributed by atoms with Crippen LogP contribution in [-0.2, 0) is 22.0 Å².